The van der Waals surface area contributed by atoms with Crippen LogP contribution in [0.15, 0.2) is 59.9 Å². The topological polar surface area (TPSA) is 426 Å². The van der Waals surface area contributed by atoms with Crippen LogP contribution in [0.5, 0.6) is 0 Å². The van der Waals surface area contributed by atoms with Crippen LogP contribution in [0, 0.1) is 0 Å². The molecule has 0 aromatic carbocycles. The van der Waals surface area contributed by atoms with Crippen molar-refractivity contribution in [1.29, 1.82) is 0 Å². The molecule has 0 amide bonds. The van der Waals surface area contributed by atoms with Gasteiger partial charge < -0.3 is 55.6 Å². The van der Waals surface area contributed by atoms with Gasteiger partial charge >= 0.3 is 39.0 Å². The van der Waals surface area contributed by atoms with Gasteiger partial charge in [-0.2, -0.15) is 4.98 Å². The Labute approximate surface area is 311 Å². The molecule has 0 bridgehead atoms. The molecular formula is C23H37N7O16Rh2S2+2. The molecule has 0 aliphatic rings. The largest absolute Gasteiger partial charge is 2.00 e. The van der Waals surface area contributed by atoms with E-state index in [4.69, 9.17) is 25.5 Å². The number of aliphatic carboxylic acids is 2. The Morgan fingerprint density at radius 3 is 1.44 bits per heavy atom. The number of imidazole rings is 1. The monoisotopic (exact) mass is 937 g/mol. The van der Waals surface area contributed by atoms with Gasteiger partial charge in [-0.15, -0.1) is 0 Å². The number of aromatic amines is 1. The Hall–Kier alpha value is -3.74. The number of nitrogens with one attached hydrogen (secondary N) is 1. The molecule has 0 fully saturated rings. The molecule has 0 spiro atoms. The van der Waals surface area contributed by atoms with Crippen molar-refractivity contribution < 1.29 is 109 Å². The summed E-state index contributed by atoms with van der Waals surface area (Å²) in [5.41, 5.74) is 7.79. The number of pyridine rings is 2. The number of carboxylic acids is 2. The number of aryl methyl sites for hydroxylation is 1. The minimum absolute atomic E-state index is 0. The van der Waals surface area contributed by atoms with E-state index in [1.165, 1.54) is 0 Å². The minimum atomic E-state index is -4.41. The van der Waals surface area contributed by atoms with Crippen LogP contribution in [0.25, 0.3) is 22.6 Å². The number of rotatable bonds is 4. The number of fused-ring (bicyclic) bond motifs is 1. The molecule has 4 aromatic rings. The van der Waals surface area contributed by atoms with E-state index in [-0.39, 0.29) is 66.9 Å². The first-order chi connectivity index (χ1) is 20.8. The Balaban J connectivity index is -0.0000000927. The number of hydrogen-bond donors (Lipinski definition) is 2. The molecule has 0 atom stereocenters. The first-order valence-electron chi connectivity index (χ1n) is 11.7. The van der Waals surface area contributed by atoms with Crippen molar-refractivity contribution in [1.82, 2.24) is 29.5 Å². The van der Waals surface area contributed by atoms with Gasteiger partial charge in [0.05, 0.1) is 31.9 Å². The summed E-state index contributed by atoms with van der Waals surface area (Å²) in [5.74, 6) is -2.05. The van der Waals surface area contributed by atoms with Crippen molar-refractivity contribution in [2.45, 2.75) is 27.3 Å². The second kappa shape index (κ2) is 32.5. The molecule has 11 N–H and O–H groups in total. The van der Waals surface area contributed by atoms with E-state index < -0.39 is 32.7 Å². The fraction of sp³-hybridized carbons (Fsp3) is 0.261. The molecule has 288 valence electrons. The van der Waals surface area contributed by atoms with Crippen LogP contribution in [0.2, 0.25) is 0 Å². The van der Waals surface area contributed by atoms with Crippen LogP contribution in [0.1, 0.15) is 20.8 Å². The molecule has 2 radical (unpaired) electrons. The van der Waals surface area contributed by atoms with Crippen molar-refractivity contribution in [2.75, 3.05) is 20.0 Å². The second-order valence-electron chi connectivity index (χ2n) is 7.22. The third-order valence-corrected chi connectivity index (χ3v) is 4.65. The smallest absolute Gasteiger partial charge is 0.726 e. The van der Waals surface area contributed by atoms with Gasteiger partial charge in [0.25, 0.3) is 5.56 Å². The van der Waals surface area contributed by atoms with E-state index in [9.17, 15) is 30.7 Å². The number of anilines is 1. The van der Waals surface area contributed by atoms with Crippen LogP contribution in [-0.4, -0.2) is 87.1 Å². The minimum Gasteiger partial charge on any atom is -0.726 e. The normalized spacial score (nSPS) is 8.94. The van der Waals surface area contributed by atoms with E-state index in [2.05, 4.69) is 33.3 Å². The Morgan fingerprint density at radius 2 is 1.18 bits per heavy atom. The summed E-state index contributed by atoms with van der Waals surface area (Å²) in [7, 11) is -7.21. The van der Waals surface area contributed by atoms with Gasteiger partial charge in [0, 0.05) is 30.9 Å². The third kappa shape index (κ3) is 34.1. The van der Waals surface area contributed by atoms with Gasteiger partial charge in [0.2, 0.25) is 26.7 Å². The molecule has 0 saturated heterocycles. The predicted octanol–water partition coefficient (Wildman–Crippen LogP) is -5.11. The zero-order valence-electron chi connectivity index (χ0n) is 26.7. The predicted molar refractivity (Wildman–Crippen MR) is 164 cm³/mol. The van der Waals surface area contributed by atoms with Crippen molar-refractivity contribution in [3.05, 3.63) is 65.5 Å². The summed E-state index contributed by atoms with van der Waals surface area (Å²) in [5, 5.41) is 17.8. The maximum absolute atomic E-state index is 11.3. The van der Waals surface area contributed by atoms with E-state index >= 15 is 0 Å². The SMILES string of the molecule is CC(=O)[O-].CC(=O)[O-].CCn1cnc2c(=O)[nH]c(N)nc21.COS(=O)(=O)[O-].COS(=O)(=O)[O-].O.[OH3+].[OH3+].[Rh+2].[Rh+2].c1ccc(-c2ccccn2)nc1. The third-order valence-electron chi connectivity index (χ3n) is 3.83. The summed E-state index contributed by atoms with van der Waals surface area (Å²) in [6.07, 6.45) is 5.11. The standard InChI is InChI=1S/C10H8N2.C7H9N5O.2C2H4O2.2CH4O4S.3H2O.2Rh/c1-3-7-11-9(5-1)10-6-2-4-8-12-10;1-2-12-3-9-4-5(12)10-7(8)11-6(4)13;2*1-2(3)4;2*1-5-6(2,3)4;;;;;/h1-8H;3H,2H2,1H3,(H3,8,10,11,13);2*1H3,(H,3,4);2*1H3,(H,2,3,4);3*1H2;;/q;;;;;;;;;2*+2/p-2. The number of hydrogen-bond acceptors (Lipinski definition) is 18. The molecule has 0 aliphatic carbocycles. The number of carbonyl (C=O) groups is 2. The van der Waals surface area contributed by atoms with Gasteiger partial charge in [-0.25, -0.2) is 21.8 Å². The van der Waals surface area contributed by atoms with Crippen molar-refractivity contribution in [2.24, 2.45) is 0 Å². The number of nitrogens with two attached hydrogens (primary N) is 1. The molecule has 4 heterocycles. The zero-order valence-corrected chi connectivity index (χ0v) is 31.6. The maximum atomic E-state index is 11.3. The van der Waals surface area contributed by atoms with E-state index in [0.717, 1.165) is 39.5 Å². The van der Waals surface area contributed by atoms with Crippen molar-refractivity contribution >= 4 is 49.8 Å². The Morgan fingerprint density at radius 1 is 0.840 bits per heavy atom. The Bertz CT molecular complexity index is 1640. The summed E-state index contributed by atoms with van der Waals surface area (Å²) >= 11 is 0. The van der Waals surface area contributed by atoms with Gasteiger partial charge in [-0.05, 0) is 45.0 Å². The van der Waals surface area contributed by atoms with E-state index in [0.29, 0.717) is 17.7 Å². The molecule has 4 rings (SSSR count). The van der Waals surface area contributed by atoms with Crippen molar-refractivity contribution in [3.8, 4) is 11.4 Å². The number of carbonyl (C=O) groups excluding carboxylic acids is 2. The maximum Gasteiger partial charge on any atom is 2.00 e. The summed E-state index contributed by atoms with van der Waals surface area (Å²) in [6, 6.07) is 11.6. The fourth-order valence-corrected chi connectivity index (χ4v) is 2.23. The number of H-pyrrole nitrogens is 1. The van der Waals surface area contributed by atoms with Crippen molar-refractivity contribution in [3.63, 3.8) is 0 Å². The number of nitrogens with zero attached hydrogens (tertiary/aromatic N) is 5. The van der Waals surface area contributed by atoms with Crippen LogP contribution in [-0.2, 0) is 95.2 Å². The fourth-order valence-electron chi connectivity index (χ4n) is 2.23. The van der Waals surface area contributed by atoms with Gasteiger partial charge in [0.15, 0.2) is 11.2 Å². The van der Waals surface area contributed by atoms with Crippen LogP contribution in [0.3, 0.4) is 0 Å². The Kier molecular flexibility index (Phi) is 39.9. The molecule has 0 aliphatic heterocycles. The summed E-state index contributed by atoms with van der Waals surface area (Å²) < 4.78 is 63.8. The number of nitrogen functional groups attached to an aromatic ring is 1. The van der Waals surface area contributed by atoms with Crippen LogP contribution >= 0.6 is 0 Å². The zero-order chi connectivity index (χ0) is 35.2. The average Bonchev–Trinajstić information content (AvgIpc) is 3.37. The molecular weight excluding hydrogens is 900 g/mol. The molecule has 0 saturated carbocycles. The molecule has 23 nitrogen and oxygen atoms in total. The number of carboxylic acid groups (broad SMARTS) is 2. The van der Waals surface area contributed by atoms with Gasteiger partial charge in [-0.3, -0.25) is 28.1 Å². The van der Waals surface area contributed by atoms with Crippen LogP contribution in [0.4, 0.5) is 5.95 Å². The van der Waals surface area contributed by atoms with E-state index in [1.807, 2.05) is 43.3 Å². The summed E-state index contributed by atoms with van der Waals surface area (Å²) in [6.45, 7) is 4.60. The van der Waals surface area contributed by atoms with Gasteiger partial charge in [0.1, 0.15) is 0 Å². The molecule has 0 unspecified atom stereocenters. The van der Waals surface area contributed by atoms with Crippen LogP contribution < -0.4 is 21.5 Å². The number of aromatic nitrogens is 6. The van der Waals surface area contributed by atoms with Gasteiger partial charge in [-0.1, -0.05) is 12.1 Å². The summed E-state index contributed by atoms with van der Waals surface area (Å²) in [4.78, 5) is 47.7. The first-order valence-corrected chi connectivity index (χ1v) is 14.4. The van der Waals surface area contributed by atoms with E-state index in [1.54, 1.807) is 23.3 Å². The average molecular weight is 938 g/mol. The molecule has 50 heavy (non-hydrogen) atoms. The molecule has 4 aromatic heterocycles. The second-order valence-corrected chi connectivity index (χ2v) is 9.52. The molecule has 27 heteroatoms. The first kappa shape index (κ1) is 61.5. The quantitative estimate of drug-likeness (QED) is 0.0836.